The molecule has 1 unspecified atom stereocenters. The van der Waals surface area contributed by atoms with Gasteiger partial charge in [0.2, 0.25) is 0 Å². The molecule has 0 aliphatic carbocycles. The van der Waals surface area contributed by atoms with Crippen LogP contribution >= 0.6 is 0 Å². The molecule has 162 valence electrons. The number of ether oxygens (including phenoxy) is 1. The molecule has 0 fully saturated rings. The molecule has 4 nitrogen and oxygen atoms in total. The van der Waals surface area contributed by atoms with E-state index in [1.165, 1.54) is 12.1 Å². The minimum atomic E-state index is -4.62. The highest BCUT2D eigenvalue weighted by Gasteiger charge is 2.34. The van der Waals surface area contributed by atoms with Gasteiger partial charge in [-0.25, -0.2) is 0 Å². The van der Waals surface area contributed by atoms with Gasteiger partial charge >= 0.3 is 6.18 Å². The van der Waals surface area contributed by atoms with Crippen molar-refractivity contribution in [2.24, 2.45) is 5.92 Å². The summed E-state index contributed by atoms with van der Waals surface area (Å²) in [5, 5.41) is 9.99. The lowest BCUT2D eigenvalue weighted by molar-refractivity contribution is -0.137. The first kappa shape index (κ1) is 23.4. The van der Waals surface area contributed by atoms with Crippen molar-refractivity contribution in [3.05, 3.63) is 64.7 Å². The second kappa shape index (κ2) is 10.3. The second-order valence-electron chi connectivity index (χ2n) is 7.66. The lowest BCUT2D eigenvalue weighted by atomic mass is 10.0. The molecule has 0 spiro atoms. The van der Waals surface area contributed by atoms with Crippen LogP contribution in [0.4, 0.5) is 13.2 Å². The fraction of sp³-hybridized carbons (Fsp3) is 0.391. The van der Waals surface area contributed by atoms with E-state index in [-0.39, 0.29) is 23.1 Å². The average Bonchev–Trinajstić information content (AvgIpc) is 2.66. The number of aryl methyl sites for hydroxylation is 1. The van der Waals surface area contributed by atoms with Crippen LogP contribution in [0, 0.1) is 18.3 Å². The van der Waals surface area contributed by atoms with Crippen LogP contribution in [0.1, 0.15) is 42.5 Å². The van der Waals surface area contributed by atoms with Crippen molar-refractivity contribution < 1.29 is 22.7 Å². The van der Waals surface area contributed by atoms with Gasteiger partial charge in [0.25, 0.3) is 5.91 Å². The quantitative estimate of drug-likeness (QED) is 0.550. The number of halogens is 3. The summed E-state index contributed by atoms with van der Waals surface area (Å²) >= 11 is 0. The molecule has 0 saturated heterocycles. The smallest absolute Gasteiger partial charge is 0.417 e. The van der Waals surface area contributed by atoms with Crippen LogP contribution in [0.25, 0.3) is 0 Å². The molecule has 0 aromatic heterocycles. The highest BCUT2D eigenvalue weighted by molar-refractivity contribution is 5.82. The van der Waals surface area contributed by atoms with Crippen LogP contribution in [0.3, 0.4) is 0 Å². The molecular weight excluding hydrogens is 393 g/mol. The van der Waals surface area contributed by atoms with Gasteiger partial charge in [-0.2, -0.15) is 13.2 Å². The molecule has 0 bridgehead atoms. The SMILES string of the molecule is Cc1cccc(CCNC(=O)C(CC(C)C)Oc2ccc(C=N)c(C(F)(F)F)c2)c1. The van der Waals surface area contributed by atoms with E-state index < -0.39 is 17.8 Å². The Labute approximate surface area is 175 Å². The minimum Gasteiger partial charge on any atom is -0.481 e. The Bertz CT molecular complexity index is 879. The first-order valence-corrected chi connectivity index (χ1v) is 9.81. The minimum absolute atomic E-state index is 0.0487. The predicted octanol–water partition coefficient (Wildman–Crippen LogP) is 5.16. The molecular formula is C23H27F3N2O2. The Balaban J connectivity index is 2.09. The zero-order valence-electron chi connectivity index (χ0n) is 17.3. The normalized spacial score (nSPS) is 12.5. The number of hydrogen-bond donors (Lipinski definition) is 2. The highest BCUT2D eigenvalue weighted by Crippen LogP contribution is 2.34. The van der Waals surface area contributed by atoms with Crippen molar-refractivity contribution in [2.45, 2.75) is 45.9 Å². The van der Waals surface area contributed by atoms with Gasteiger partial charge in [0.05, 0.1) is 5.56 Å². The van der Waals surface area contributed by atoms with Crippen LogP contribution in [0.2, 0.25) is 0 Å². The molecule has 2 aromatic rings. The van der Waals surface area contributed by atoms with Gasteiger partial charge in [0.1, 0.15) is 5.75 Å². The summed E-state index contributed by atoms with van der Waals surface area (Å²) in [5.41, 5.74) is 1.01. The van der Waals surface area contributed by atoms with Gasteiger partial charge < -0.3 is 15.5 Å². The van der Waals surface area contributed by atoms with Crippen LogP contribution in [-0.4, -0.2) is 24.8 Å². The van der Waals surface area contributed by atoms with Crippen LogP contribution in [0.15, 0.2) is 42.5 Å². The largest absolute Gasteiger partial charge is 0.481 e. The van der Waals surface area contributed by atoms with Crippen molar-refractivity contribution in [2.75, 3.05) is 6.54 Å². The maximum Gasteiger partial charge on any atom is 0.417 e. The number of nitrogens with one attached hydrogen (secondary N) is 2. The van der Waals surface area contributed by atoms with Crippen molar-refractivity contribution in [1.82, 2.24) is 5.32 Å². The summed E-state index contributed by atoms with van der Waals surface area (Å²) in [7, 11) is 0. The summed E-state index contributed by atoms with van der Waals surface area (Å²) in [6, 6.07) is 11.3. The Kier molecular flexibility index (Phi) is 8.03. The van der Waals surface area contributed by atoms with Crippen molar-refractivity contribution in [3.63, 3.8) is 0 Å². The van der Waals surface area contributed by atoms with E-state index in [0.29, 0.717) is 25.6 Å². The van der Waals surface area contributed by atoms with Gasteiger partial charge in [-0.1, -0.05) is 43.7 Å². The Morgan fingerprint density at radius 2 is 1.93 bits per heavy atom. The number of hydrogen-bond acceptors (Lipinski definition) is 3. The monoisotopic (exact) mass is 420 g/mol. The highest BCUT2D eigenvalue weighted by atomic mass is 19.4. The molecule has 7 heteroatoms. The van der Waals surface area contributed by atoms with E-state index in [9.17, 15) is 18.0 Å². The average molecular weight is 420 g/mol. The first-order valence-electron chi connectivity index (χ1n) is 9.81. The lowest BCUT2D eigenvalue weighted by Crippen LogP contribution is -2.40. The lowest BCUT2D eigenvalue weighted by Gasteiger charge is -2.21. The number of carbonyl (C=O) groups excluding carboxylic acids is 1. The van der Waals surface area contributed by atoms with Crippen LogP contribution < -0.4 is 10.1 Å². The Morgan fingerprint density at radius 3 is 2.53 bits per heavy atom. The number of benzene rings is 2. The molecule has 2 rings (SSSR count). The third-order valence-corrected chi connectivity index (χ3v) is 4.54. The van der Waals surface area contributed by atoms with Crippen molar-refractivity contribution in [3.8, 4) is 5.75 Å². The van der Waals surface area contributed by atoms with Gasteiger partial charge in [-0.15, -0.1) is 0 Å². The van der Waals surface area contributed by atoms with Gasteiger partial charge in [0.15, 0.2) is 6.10 Å². The standard InChI is InChI=1S/C23H27F3N2O2/c1-15(2)11-21(22(29)28-10-9-17-6-4-5-16(3)12-17)30-19-8-7-18(14-27)20(13-19)23(24,25)26/h4-8,12-15,21,27H,9-11H2,1-3H3,(H,28,29). The summed E-state index contributed by atoms with van der Waals surface area (Å²) in [6.07, 6.45) is -3.86. The van der Waals surface area contributed by atoms with Crippen molar-refractivity contribution in [1.29, 1.82) is 5.41 Å². The molecule has 30 heavy (non-hydrogen) atoms. The van der Waals surface area contributed by atoms with Gasteiger partial charge in [-0.3, -0.25) is 4.79 Å². The van der Waals surface area contributed by atoms with Crippen LogP contribution in [-0.2, 0) is 17.4 Å². The van der Waals surface area contributed by atoms with E-state index in [4.69, 9.17) is 10.1 Å². The molecule has 2 aromatic carbocycles. The van der Waals surface area contributed by atoms with Crippen molar-refractivity contribution >= 4 is 12.1 Å². The van der Waals surface area contributed by atoms with Gasteiger partial charge in [0, 0.05) is 18.3 Å². The number of carbonyl (C=O) groups is 1. The zero-order chi connectivity index (χ0) is 22.3. The third kappa shape index (κ3) is 6.90. The maximum absolute atomic E-state index is 13.2. The van der Waals surface area contributed by atoms with E-state index in [0.717, 1.165) is 17.2 Å². The fourth-order valence-corrected chi connectivity index (χ4v) is 3.09. The Morgan fingerprint density at radius 1 is 1.20 bits per heavy atom. The molecule has 1 amide bonds. The molecule has 0 aliphatic rings. The molecule has 0 radical (unpaired) electrons. The molecule has 1 atom stereocenters. The fourth-order valence-electron chi connectivity index (χ4n) is 3.09. The maximum atomic E-state index is 13.2. The molecule has 0 aliphatic heterocycles. The second-order valence-corrected chi connectivity index (χ2v) is 7.66. The number of amides is 1. The molecule has 0 heterocycles. The topological polar surface area (TPSA) is 62.2 Å². The van der Waals surface area contributed by atoms with E-state index in [1.807, 2.05) is 45.0 Å². The number of rotatable bonds is 9. The third-order valence-electron chi connectivity index (χ3n) is 4.54. The Hall–Kier alpha value is -2.83. The zero-order valence-corrected chi connectivity index (χ0v) is 17.3. The summed E-state index contributed by atoms with van der Waals surface area (Å²) < 4.78 is 45.4. The van der Waals surface area contributed by atoms with E-state index in [1.54, 1.807) is 0 Å². The van der Waals surface area contributed by atoms with E-state index in [2.05, 4.69) is 5.32 Å². The first-order chi connectivity index (χ1) is 14.1. The van der Waals surface area contributed by atoms with E-state index >= 15 is 0 Å². The predicted molar refractivity (Wildman–Crippen MR) is 111 cm³/mol. The summed E-state index contributed by atoms with van der Waals surface area (Å²) in [5.74, 6) is -0.297. The number of alkyl halides is 3. The summed E-state index contributed by atoms with van der Waals surface area (Å²) in [6.45, 7) is 6.22. The van der Waals surface area contributed by atoms with Crippen LogP contribution in [0.5, 0.6) is 5.75 Å². The molecule has 0 saturated carbocycles. The van der Waals surface area contributed by atoms with Gasteiger partial charge in [-0.05, 0) is 49.4 Å². The molecule has 2 N–H and O–H groups in total. The summed E-state index contributed by atoms with van der Waals surface area (Å²) in [4.78, 5) is 12.7.